The van der Waals surface area contributed by atoms with Crippen LogP contribution in [-0.2, 0) is 4.79 Å². The molecule has 26 heavy (non-hydrogen) atoms. The Morgan fingerprint density at radius 3 is 2.62 bits per heavy atom. The lowest BCUT2D eigenvalue weighted by Gasteiger charge is -2.30. The molecule has 1 aliphatic rings. The van der Waals surface area contributed by atoms with E-state index in [-0.39, 0.29) is 5.92 Å². The normalized spacial score (nSPS) is 15.3. The van der Waals surface area contributed by atoms with Gasteiger partial charge in [-0.15, -0.1) is 0 Å². The van der Waals surface area contributed by atoms with Crippen LogP contribution in [0, 0.1) is 5.92 Å². The Morgan fingerprint density at radius 1 is 1.27 bits per heavy atom. The molecule has 0 aliphatic carbocycles. The fraction of sp³-hybridized carbons (Fsp3) is 0.450. The molecular formula is C20H25N3O3. The fourth-order valence-corrected chi connectivity index (χ4v) is 3.28. The van der Waals surface area contributed by atoms with Crippen LogP contribution in [-0.4, -0.2) is 41.2 Å². The Balaban J connectivity index is 1.88. The third kappa shape index (κ3) is 3.79. The summed E-state index contributed by atoms with van der Waals surface area (Å²) in [6.07, 6.45) is 4.75. The number of anilines is 1. The number of carboxylic acids is 1. The number of carbonyl (C=O) groups is 1. The van der Waals surface area contributed by atoms with Crippen molar-refractivity contribution in [1.82, 2.24) is 9.97 Å². The van der Waals surface area contributed by atoms with E-state index in [0.717, 1.165) is 22.8 Å². The Labute approximate surface area is 153 Å². The molecular weight excluding hydrogens is 330 g/mol. The highest BCUT2D eigenvalue weighted by molar-refractivity contribution is 5.71. The van der Waals surface area contributed by atoms with Crippen LogP contribution in [0.15, 0.2) is 30.6 Å². The van der Waals surface area contributed by atoms with Crippen LogP contribution in [0.4, 0.5) is 5.82 Å². The highest BCUT2D eigenvalue weighted by Crippen LogP contribution is 2.33. The summed E-state index contributed by atoms with van der Waals surface area (Å²) in [4.78, 5) is 22.4. The number of piperidine rings is 1. The van der Waals surface area contributed by atoms with Gasteiger partial charge >= 0.3 is 5.97 Å². The number of aliphatic carboxylic acids is 1. The predicted molar refractivity (Wildman–Crippen MR) is 101 cm³/mol. The number of methoxy groups -OCH3 is 1. The quantitative estimate of drug-likeness (QED) is 0.883. The number of nitrogens with zero attached hydrogens (tertiary/aromatic N) is 3. The maximum absolute atomic E-state index is 11.1. The van der Waals surface area contributed by atoms with E-state index < -0.39 is 5.97 Å². The smallest absolute Gasteiger partial charge is 0.306 e. The minimum Gasteiger partial charge on any atom is -0.496 e. The summed E-state index contributed by atoms with van der Waals surface area (Å²) in [6, 6.07) is 6.15. The third-order valence-electron chi connectivity index (χ3n) is 4.96. The van der Waals surface area contributed by atoms with Crippen molar-refractivity contribution in [3.05, 3.63) is 36.2 Å². The molecule has 0 amide bonds. The van der Waals surface area contributed by atoms with Gasteiger partial charge in [0.2, 0.25) is 0 Å². The third-order valence-corrected chi connectivity index (χ3v) is 4.96. The van der Waals surface area contributed by atoms with Crippen LogP contribution in [0.5, 0.6) is 5.75 Å². The number of aromatic nitrogens is 2. The summed E-state index contributed by atoms with van der Waals surface area (Å²) in [5, 5.41) is 9.16. The van der Waals surface area contributed by atoms with Crippen LogP contribution in [0.1, 0.15) is 38.2 Å². The van der Waals surface area contributed by atoms with E-state index in [2.05, 4.69) is 35.9 Å². The zero-order valence-electron chi connectivity index (χ0n) is 15.5. The van der Waals surface area contributed by atoms with Crippen molar-refractivity contribution in [3.63, 3.8) is 0 Å². The summed E-state index contributed by atoms with van der Waals surface area (Å²) >= 11 is 0. The average molecular weight is 355 g/mol. The molecule has 1 saturated heterocycles. The minimum absolute atomic E-state index is 0.259. The topological polar surface area (TPSA) is 75.5 Å². The van der Waals surface area contributed by atoms with Gasteiger partial charge in [-0.05, 0) is 36.5 Å². The SMILES string of the molecule is COc1ccc(C(C)C)cc1-c1cncc(N2CCC(C(=O)O)CC2)n1. The molecule has 6 heteroatoms. The van der Waals surface area contributed by atoms with Crippen LogP contribution >= 0.6 is 0 Å². The largest absolute Gasteiger partial charge is 0.496 e. The predicted octanol–water partition coefficient (Wildman–Crippen LogP) is 3.58. The number of carboxylic acid groups (broad SMARTS) is 1. The molecule has 0 atom stereocenters. The Morgan fingerprint density at radius 2 is 2.00 bits per heavy atom. The molecule has 3 rings (SSSR count). The van der Waals surface area contributed by atoms with Crippen molar-refractivity contribution in [2.75, 3.05) is 25.1 Å². The summed E-state index contributed by atoms with van der Waals surface area (Å²) < 4.78 is 5.51. The van der Waals surface area contributed by atoms with Crippen molar-refractivity contribution in [2.45, 2.75) is 32.6 Å². The van der Waals surface area contributed by atoms with Gasteiger partial charge in [-0.2, -0.15) is 0 Å². The van der Waals surface area contributed by atoms with Crippen LogP contribution in [0.25, 0.3) is 11.3 Å². The number of hydrogen-bond donors (Lipinski definition) is 1. The maximum atomic E-state index is 11.1. The average Bonchev–Trinajstić information content (AvgIpc) is 2.67. The molecule has 1 aromatic carbocycles. The molecule has 0 radical (unpaired) electrons. The molecule has 2 aromatic rings. The van der Waals surface area contributed by atoms with Gasteiger partial charge in [-0.3, -0.25) is 9.78 Å². The van der Waals surface area contributed by atoms with Gasteiger partial charge in [0.15, 0.2) is 0 Å². The van der Waals surface area contributed by atoms with E-state index in [4.69, 9.17) is 14.8 Å². The van der Waals surface area contributed by atoms with Crippen LogP contribution in [0.3, 0.4) is 0 Å². The molecule has 138 valence electrons. The second-order valence-electron chi connectivity index (χ2n) is 6.98. The van der Waals surface area contributed by atoms with Gasteiger partial charge in [0.25, 0.3) is 0 Å². The summed E-state index contributed by atoms with van der Waals surface area (Å²) in [5.74, 6) is 0.990. The molecule has 6 nitrogen and oxygen atoms in total. The van der Waals surface area contributed by atoms with Crippen molar-refractivity contribution in [2.24, 2.45) is 5.92 Å². The first kappa shape index (κ1) is 18.2. The molecule has 0 spiro atoms. The van der Waals surface area contributed by atoms with Crippen molar-refractivity contribution in [3.8, 4) is 17.0 Å². The van der Waals surface area contributed by atoms with E-state index in [1.54, 1.807) is 19.5 Å². The highest BCUT2D eigenvalue weighted by atomic mass is 16.5. The molecule has 1 aromatic heterocycles. The fourth-order valence-electron chi connectivity index (χ4n) is 3.28. The number of ether oxygens (including phenoxy) is 1. The Hall–Kier alpha value is -2.63. The standard InChI is InChI=1S/C20H25N3O3/c1-13(2)15-4-5-18(26-3)16(10-15)17-11-21-12-19(22-17)23-8-6-14(7-9-23)20(24)25/h4-5,10-14H,6-9H2,1-3H3,(H,24,25). The lowest BCUT2D eigenvalue weighted by atomic mass is 9.97. The second kappa shape index (κ2) is 7.72. The molecule has 0 bridgehead atoms. The van der Waals surface area contributed by atoms with E-state index in [9.17, 15) is 4.79 Å². The molecule has 1 N–H and O–H groups in total. The highest BCUT2D eigenvalue weighted by Gasteiger charge is 2.25. The molecule has 0 unspecified atom stereocenters. The van der Waals surface area contributed by atoms with Gasteiger partial charge in [-0.25, -0.2) is 4.98 Å². The van der Waals surface area contributed by atoms with Crippen LogP contribution < -0.4 is 9.64 Å². The molecule has 1 aliphatic heterocycles. The van der Waals surface area contributed by atoms with Crippen molar-refractivity contribution < 1.29 is 14.6 Å². The van der Waals surface area contributed by atoms with Crippen molar-refractivity contribution in [1.29, 1.82) is 0 Å². The van der Waals surface area contributed by atoms with E-state index in [1.807, 2.05) is 6.07 Å². The molecule has 2 heterocycles. The first-order valence-corrected chi connectivity index (χ1v) is 8.97. The maximum Gasteiger partial charge on any atom is 0.306 e. The number of benzene rings is 1. The van der Waals surface area contributed by atoms with Crippen molar-refractivity contribution >= 4 is 11.8 Å². The second-order valence-corrected chi connectivity index (χ2v) is 6.98. The minimum atomic E-state index is -0.709. The monoisotopic (exact) mass is 355 g/mol. The zero-order valence-corrected chi connectivity index (χ0v) is 15.5. The van der Waals surface area contributed by atoms with E-state index in [0.29, 0.717) is 31.8 Å². The van der Waals surface area contributed by atoms with E-state index >= 15 is 0 Å². The lowest BCUT2D eigenvalue weighted by molar-refractivity contribution is -0.142. The molecule has 1 fully saturated rings. The first-order chi connectivity index (χ1) is 12.5. The van der Waals surface area contributed by atoms with Gasteiger partial charge in [0.1, 0.15) is 11.6 Å². The van der Waals surface area contributed by atoms with E-state index in [1.165, 1.54) is 5.56 Å². The Bertz CT molecular complexity index is 784. The number of rotatable bonds is 5. The summed E-state index contributed by atoms with van der Waals surface area (Å²) in [7, 11) is 1.65. The Kier molecular flexibility index (Phi) is 5.40. The number of hydrogen-bond acceptors (Lipinski definition) is 5. The van der Waals surface area contributed by atoms with Gasteiger partial charge in [0, 0.05) is 18.7 Å². The summed E-state index contributed by atoms with van der Waals surface area (Å²) in [5.41, 5.74) is 2.91. The van der Waals surface area contributed by atoms with Crippen LogP contribution in [0.2, 0.25) is 0 Å². The molecule has 0 saturated carbocycles. The van der Waals surface area contributed by atoms with Gasteiger partial charge in [-0.1, -0.05) is 19.9 Å². The first-order valence-electron chi connectivity index (χ1n) is 8.97. The van der Waals surface area contributed by atoms with Gasteiger partial charge < -0.3 is 14.7 Å². The van der Waals surface area contributed by atoms with Gasteiger partial charge in [0.05, 0.1) is 31.1 Å². The summed E-state index contributed by atoms with van der Waals surface area (Å²) in [6.45, 7) is 5.66. The lowest BCUT2D eigenvalue weighted by Crippen LogP contribution is -2.36. The zero-order chi connectivity index (χ0) is 18.7.